The maximum absolute atomic E-state index is 5.58. The van der Waals surface area contributed by atoms with E-state index in [1.54, 1.807) is 0 Å². The Morgan fingerprint density at radius 3 is 2.28 bits per heavy atom. The maximum atomic E-state index is 5.58. The molecule has 0 saturated carbocycles. The third-order valence-electron chi connectivity index (χ3n) is 2.82. The van der Waals surface area contributed by atoms with Gasteiger partial charge in [0.2, 0.25) is 0 Å². The standard InChI is InChI=1S/C15H16BrN.ClH/c16-14-9-7-13(8-10-14)15-6-2-1-4-12(15)5-3-11-17;/h1-2,4,6-10H,3,5,11,17H2;1H. The van der Waals surface area contributed by atoms with Crippen molar-refractivity contribution in [3.8, 4) is 11.1 Å². The number of aryl methyl sites for hydroxylation is 1. The van der Waals surface area contributed by atoms with Gasteiger partial charge in [-0.2, -0.15) is 0 Å². The molecule has 0 aliphatic carbocycles. The van der Waals surface area contributed by atoms with Crippen LogP contribution in [0.15, 0.2) is 53.0 Å². The van der Waals surface area contributed by atoms with Gasteiger partial charge >= 0.3 is 0 Å². The summed E-state index contributed by atoms with van der Waals surface area (Å²) >= 11 is 3.46. The lowest BCUT2D eigenvalue weighted by Crippen LogP contribution is -2.01. The minimum atomic E-state index is 0. The summed E-state index contributed by atoms with van der Waals surface area (Å²) in [5.41, 5.74) is 9.53. The van der Waals surface area contributed by atoms with Crippen LogP contribution < -0.4 is 5.73 Å². The number of hydrogen-bond acceptors (Lipinski definition) is 1. The lowest BCUT2D eigenvalue weighted by Gasteiger charge is -2.09. The summed E-state index contributed by atoms with van der Waals surface area (Å²) in [5, 5.41) is 0. The average Bonchev–Trinajstić information content (AvgIpc) is 2.38. The highest BCUT2D eigenvalue weighted by Crippen LogP contribution is 2.25. The fourth-order valence-corrected chi connectivity index (χ4v) is 2.21. The molecule has 0 aliphatic rings. The van der Waals surface area contributed by atoms with Gasteiger partial charge in [0.1, 0.15) is 0 Å². The predicted octanol–water partition coefficient (Wildman–Crippen LogP) is 4.43. The van der Waals surface area contributed by atoms with Crippen molar-refractivity contribution in [3.63, 3.8) is 0 Å². The Morgan fingerprint density at radius 1 is 0.944 bits per heavy atom. The van der Waals surface area contributed by atoms with Crippen LogP contribution in [0.3, 0.4) is 0 Å². The van der Waals surface area contributed by atoms with E-state index in [4.69, 9.17) is 5.73 Å². The predicted molar refractivity (Wildman–Crippen MR) is 84.2 cm³/mol. The topological polar surface area (TPSA) is 26.0 Å². The number of rotatable bonds is 4. The van der Waals surface area contributed by atoms with Gasteiger partial charge in [0.05, 0.1) is 0 Å². The molecule has 0 atom stereocenters. The van der Waals surface area contributed by atoms with Gasteiger partial charge in [-0.15, -0.1) is 12.4 Å². The monoisotopic (exact) mass is 325 g/mol. The normalized spacial score (nSPS) is 9.89. The minimum Gasteiger partial charge on any atom is -0.330 e. The van der Waals surface area contributed by atoms with Crippen LogP contribution in [0.4, 0.5) is 0 Å². The largest absolute Gasteiger partial charge is 0.330 e. The molecule has 18 heavy (non-hydrogen) atoms. The quantitative estimate of drug-likeness (QED) is 0.884. The Morgan fingerprint density at radius 2 is 1.61 bits per heavy atom. The van der Waals surface area contributed by atoms with E-state index in [0.29, 0.717) is 0 Å². The first kappa shape index (κ1) is 15.2. The minimum absolute atomic E-state index is 0. The molecular formula is C15H17BrClN. The molecule has 0 bridgehead atoms. The first-order chi connectivity index (χ1) is 8.31. The van der Waals surface area contributed by atoms with Crippen molar-refractivity contribution in [2.24, 2.45) is 5.73 Å². The van der Waals surface area contributed by atoms with Crippen molar-refractivity contribution in [2.75, 3.05) is 6.54 Å². The zero-order valence-corrected chi connectivity index (χ0v) is 12.5. The van der Waals surface area contributed by atoms with E-state index >= 15 is 0 Å². The average molecular weight is 327 g/mol. The van der Waals surface area contributed by atoms with Gasteiger partial charge in [-0.3, -0.25) is 0 Å². The van der Waals surface area contributed by atoms with Crippen LogP contribution in [0.2, 0.25) is 0 Å². The van der Waals surface area contributed by atoms with Gasteiger partial charge < -0.3 is 5.73 Å². The van der Waals surface area contributed by atoms with E-state index in [1.165, 1.54) is 16.7 Å². The second kappa shape index (κ2) is 7.57. The zero-order valence-electron chi connectivity index (χ0n) is 10.1. The molecule has 96 valence electrons. The molecule has 0 unspecified atom stereocenters. The third kappa shape index (κ3) is 3.84. The lowest BCUT2D eigenvalue weighted by molar-refractivity contribution is 0.834. The molecule has 2 aromatic carbocycles. The molecule has 0 amide bonds. The van der Waals surface area contributed by atoms with Crippen molar-refractivity contribution in [1.29, 1.82) is 0 Å². The van der Waals surface area contributed by atoms with E-state index < -0.39 is 0 Å². The zero-order chi connectivity index (χ0) is 12.1. The molecule has 2 N–H and O–H groups in total. The Balaban J connectivity index is 0.00000162. The van der Waals surface area contributed by atoms with Gasteiger partial charge in [0, 0.05) is 4.47 Å². The van der Waals surface area contributed by atoms with E-state index in [0.717, 1.165) is 23.9 Å². The second-order valence-corrected chi connectivity index (χ2v) is 4.97. The Labute approximate surface area is 123 Å². The molecule has 2 rings (SSSR count). The molecule has 0 spiro atoms. The molecule has 0 saturated heterocycles. The molecule has 1 nitrogen and oxygen atoms in total. The summed E-state index contributed by atoms with van der Waals surface area (Å²) in [5.74, 6) is 0. The van der Waals surface area contributed by atoms with Gasteiger partial charge in [0.25, 0.3) is 0 Å². The fourth-order valence-electron chi connectivity index (χ4n) is 1.94. The van der Waals surface area contributed by atoms with Crippen molar-refractivity contribution in [2.45, 2.75) is 12.8 Å². The van der Waals surface area contributed by atoms with Crippen LogP contribution in [0, 0.1) is 0 Å². The van der Waals surface area contributed by atoms with E-state index in [9.17, 15) is 0 Å². The maximum Gasteiger partial charge on any atom is 0.0175 e. The Bertz CT molecular complexity index is 482. The first-order valence-corrected chi connectivity index (χ1v) is 6.64. The van der Waals surface area contributed by atoms with Crippen LogP contribution in [0.1, 0.15) is 12.0 Å². The van der Waals surface area contributed by atoms with Crippen molar-refractivity contribution in [3.05, 3.63) is 58.6 Å². The highest BCUT2D eigenvalue weighted by molar-refractivity contribution is 9.10. The number of hydrogen-bond donors (Lipinski definition) is 1. The molecular weight excluding hydrogens is 310 g/mol. The van der Waals surface area contributed by atoms with Gasteiger partial charge in [-0.25, -0.2) is 0 Å². The summed E-state index contributed by atoms with van der Waals surface area (Å²) < 4.78 is 1.11. The highest BCUT2D eigenvalue weighted by Gasteiger charge is 2.03. The highest BCUT2D eigenvalue weighted by atomic mass is 79.9. The van der Waals surface area contributed by atoms with Crippen molar-refractivity contribution >= 4 is 28.3 Å². The molecule has 2 aromatic rings. The number of halogens is 2. The molecule has 0 aromatic heterocycles. The summed E-state index contributed by atoms with van der Waals surface area (Å²) in [6.07, 6.45) is 2.08. The van der Waals surface area contributed by atoms with E-state index in [1.807, 2.05) is 0 Å². The summed E-state index contributed by atoms with van der Waals surface area (Å²) in [4.78, 5) is 0. The van der Waals surface area contributed by atoms with Crippen molar-refractivity contribution in [1.82, 2.24) is 0 Å². The second-order valence-electron chi connectivity index (χ2n) is 4.06. The number of nitrogens with two attached hydrogens (primary N) is 1. The third-order valence-corrected chi connectivity index (χ3v) is 3.35. The first-order valence-electron chi connectivity index (χ1n) is 5.85. The van der Waals surface area contributed by atoms with Gasteiger partial charge in [0.15, 0.2) is 0 Å². The molecule has 3 heteroatoms. The molecule has 0 radical (unpaired) electrons. The van der Waals surface area contributed by atoms with Crippen LogP contribution in [-0.2, 0) is 6.42 Å². The smallest absolute Gasteiger partial charge is 0.0175 e. The molecule has 0 heterocycles. The lowest BCUT2D eigenvalue weighted by atomic mass is 9.97. The Hall–Kier alpha value is -0.830. The van der Waals surface area contributed by atoms with Crippen LogP contribution in [-0.4, -0.2) is 6.54 Å². The SMILES string of the molecule is Cl.NCCCc1ccccc1-c1ccc(Br)cc1. The van der Waals surface area contributed by atoms with E-state index in [2.05, 4.69) is 64.5 Å². The number of benzene rings is 2. The van der Waals surface area contributed by atoms with Gasteiger partial charge in [-0.05, 0) is 48.2 Å². The fraction of sp³-hybridized carbons (Fsp3) is 0.200. The van der Waals surface area contributed by atoms with Crippen molar-refractivity contribution < 1.29 is 0 Å². The summed E-state index contributed by atoms with van der Waals surface area (Å²) in [6, 6.07) is 17.0. The van der Waals surface area contributed by atoms with Gasteiger partial charge in [-0.1, -0.05) is 52.3 Å². The van der Waals surface area contributed by atoms with E-state index in [-0.39, 0.29) is 12.4 Å². The Kier molecular flexibility index (Phi) is 6.41. The van der Waals surface area contributed by atoms with Crippen LogP contribution in [0.5, 0.6) is 0 Å². The summed E-state index contributed by atoms with van der Waals surface area (Å²) in [6.45, 7) is 0.745. The van der Waals surface area contributed by atoms with Crippen LogP contribution in [0.25, 0.3) is 11.1 Å². The van der Waals surface area contributed by atoms with Crippen LogP contribution >= 0.6 is 28.3 Å². The summed E-state index contributed by atoms with van der Waals surface area (Å²) in [7, 11) is 0. The molecule has 0 aliphatic heterocycles. The molecule has 0 fully saturated rings.